The fraction of sp³-hybridized carbons (Fsp3) is 0.375. The maximum Gasteiger partial charge on any atom is 0.254 e. The standard InChI is InChI=1S/C16H19FN2O/c1-9-6-7-11(17)8-12(9)13-10(2)14(20)19-15(18-13)16(3,4)5/h6-8H,1-5H3,(H,18,19,20). The number of aromatic nitrogens is 2. The van der Waals surface area contributed by atoms with Gasteiger partial charge >= 0.3 is 0 Å². The van der Waals surface area contributed by atoms with Crippen LogP contribution in [0.1, 0.15) is 37.7 Å². The van der Waals surface area contributed by atoms with E-state index in [0.29, 0.717) is 22.6 Å². The molecule has 0 aliphatic rings. The van der Waals surface area contributed by atoms with Crippen LogP contribution in [-0.2, 0) is 5.41 Å². The molecule has 106 valence electrons. The van der Waals surface area contributed by atoms with Crippen LogP contribution in [0.4, 0.5) is 4.39 Å². The summed E-state index contributed by atoms with van der Waals surface area (Å²) in [4.78, 5) is 19.4. The van der Waals surface area contributed by atoms with E-state index >= 15 is 0 Å². The molecular weight excluding hydrogens is 255 g/mol. The lowest BCUT2D eigenvalue weighted by molar-refractivity contribution is 0.542. The van der Waals surface area contributed by atoms with Gasteiger partial charge in [-0.25, -0.2) is 9.37 Å². The summed E-state index contributed by atoms with van der Waals surface area (Å²) < 4.78 is 13.5. The fourth-order valence-corrected chi connectivity index (χ4v) is 2.00. The van der Waals surface area contributed by atoms with Gasteiger partial charge in [0, 0.05) is 16.5 Å². The first-order valence-corrected chi connectivity index (χ1v) is 6.58. The second-order valence-electron chi connectivity index (χ2n) is 6.10. The van der Waals surface area contributed by atoms with Crippen molar-refractivity contribution in [3.63, 3.8) is 0 Å². The molecule has 0 saturated heterocycles. The van der Waals surface area contributed by atoms with Crippen LogP contribution in [-0.4, -0.2) is 9.97 Å². The fourth-order valence-electron chi connectivity index (χ4n) is 2.00. The van der Waals surface area contributed by atoms with Crippen molar-refractivity contribution in [3.8, 4) is 11.3 Å². The smallest absolute Gasteiger partial charge is 0.254 e. The zero-order valence-electron chi connectivity index (χ0n) is 12.5. The van der Waals surface area contributed by atoms with Gasteiger partial charge in [-0.15, -0.1) is 0 Å². The van der Waals surface area contributed by atoms with Crippen LogP contribution in [0.2, 0.25) is 0 Å². The van der Waals surface area contributed by atoms with E-state index in [4.69, 9.17) is 0 Å². The van der Waals surface area contributed by atoms with Crippen LogP contribution in [0.5, 0.6) is 0 Å². The van der Waals surface area contributed by atoms with Crippen molar-refractivity contribution in [1.82, 2.24) is 9.97 Å². The third-order valence-electron chi connectivity index (χ3n) is 3.32. The highest BCUT2D eigenvalue weighted by molar-refractivity contribution is 5.66. The highest BCUT2D eigenvalue weighted by Crippen LogP contribution is 2.26. The van der Waals surface area contributed by atoms with Gasteiger partial charge in [0.1, 0.15) is 11.6 Å². The lowest BCUT2D eigenvalue weighted by atomic mass is 9.94. The van der Waals surface area contributed by atoms with Gasteiger partial charge in [-0.2, -0.15) is 0 Å². The summed E-state index contributed by atoms with van der Waals surface area (Å²) in [6.45, 7) is 9.51. The molecule has 0 unspecified atom stereocenters. The first-order valence-electron chi connectivity index (χ1n) is 6.58. The Labute approximate surface area is 117 Å². The molecule has 0 atom stereocenters. The zero-order valence-corrected chi connectivity index (χ0v) is 12.5. The highest BCUT2D eigenvalue weighted by Gasteiger charge is 2.20. The van der Waals surface area contributed by atoms with Crippen LogP contribution in [0.15, 0.2) is 23.0 Å². The van der Waals surface area contributed by atoms with Gasteiger partial charge in [0.15, 0.2) is 0 Å². The summed E-state index contributed by atoms with van der Waals surface area (Å²) >= 11 is 0. The van der Waals surface area contributed by atoms with E-state index in [0.717, 1.165) is 5.56 Å². The number of nitrogens with zero attached hydrogens (tertiary/aromatic N) is 1. The van der Waals surface area contributed by atoms with E-state index in [1.807, 2.05) is 27.7 Å². The summed E-state index contributed by atoms with van der Waals surface area (Å²) in [5, 5.41) is 0. The van der Waals surface area contributed by atoms with Crippen LogP contribution in [0, 0.1) is 19.7 Å². The number of halogens is 1. The van der Waals surface area contributed by atoms with Crippen LogP contribution >= 0.6 is 0 Å². The number of nitrogens with one attached hydrogen (secondary N) is 1. The van der Waals surface area contributed by atoms with Crippen molar-refractivity contribution in [3.05, 3.63) is 51.3 Å². The number of benzene rings is 1. The quantitative estimate of drug-likeness (QED) is 0.865. The number of hydrogen-bond donors (Lipinski definition) is 1. The highest BCUT2D eigenvalue weighted by atomic mass is 19.1. The van der Waals surface area contributed by atoms with Gasteiger partial charge in [0.25, 0.3) is 5.56 Å². The Morgan fingerprint density at radius 2 is 1.85 bits per heavy atom. The summed E-state index contributed by atoms with van der Waals surface area (Å²) in [5.74, 6) is 0.274. The predicted octanol–water partition coefficient (Wildman–Crippen LogP) is 3.49. The van der Waals surface area contributed by atoms with E-state index < -0.39 is 0 Å². The normalized spacial score (nSPS) is 11.7. The first-order chi connectivity index (χ1) is 9.20. The van der Waals surface area contributed by atoms with Crippen LogP contribution < -0.4 is 5.56 Å². The minimum atomic E-state index is -0.329. The van der Waals surface area contributed by atoms with Gasteiger partial charge in [-0.3, -0.25) is 4.79 Å². The van der Waals surface area contributed by atoms with Crippen molar-refractivity contribution < 1.29 is 4.39 Å². The maximum absolute atomic E-state index is 13.5. The van der Waals surface area contributed by atoms with E-state index in [1.165, 1.54) is 12.1 Å². The Morgan fingerprint density at radius 1 is 1.20 bits per heavy atom. The monoisotopic (exact) mass is 274 g/mol. The van der Waals surface area contributed by atoms with Gasteiger partial charge in [-0.05, 0) is 31.5 Å². The Kier molecular flexibility index (Phi) is 3.50. The Balaban J connectivity index is 2.77. The number of hydrogen-bond acceptors (Lipinski definition) is 2. The molecule has 3 nitrogen and oxygen atoms in total. The van der Waals surface area contributed by atoms with E-state index in [2.05, 4.69) is 9.97 Å². The predicted molar refractivity (Wildman–Crippen MR) is 78.4 cm³/mol. The molecule has 0 fully saturated rings. The SMILES string of the molecule is Cc1ccc(F)cc1-c1nc(C(C)(C)C)[nH]c(=O)c1C. The average molecular weight is 274 g/mol. The van der Waals surface area contributed by atoms with Crippen LogP contribution in [0.3, 0.4) is 0 Å². The molecule has 0 spiro atoms. The molecule has 2 aromatic rings. The summed E-state index contributed by atoms with van der Waals surface area (Å²) in [6, 6.07) is 4.53. The van der Waals surface area contributed by atoms with Crippen molar-refractivity contribution >= 4 is 0 Å². The van der Waals surface area contributed by atoms with Gasteiger partial charge in [0.05, 0.1) is 5.69 Å². The lowest BCUT2D eigenvalue weighted by Gasteiger charge is -2.19. The zero-order chi connectivity index (χ0) is 15.1. The third-order valence-corrected chi connectivity index (χ3v) is 3.32. The van der Waals surface area contributed by atoms with Gasteiger partial charge in [-0.1, -0.05) is 26.8 Å². The molecule has 4 heteroatoms. The first kappa shape index (κ1) is 14.4. The second-order valence-corrected chi connectivity index (χ2v) is 6.10. The number of aromatic amines is 1. The van der Waals surface area contributed by atoms with E-state index in [1.54, 1.807) is 13.0 Å². The molecule has 0 aliphatic carbocycles. The summed E-state index contributed by atoms with van der Waals surface area (Å²) in [5.41, 5.74) is 2.17. The largest absolute Gasteiger partial charge is 0.310 e. The van der Waals surface area contributed by atoms with Crippen molar-refractivity contribution in [2.75, 3.05) is 0 Å². The Morgan fingerprint density at radius 3 is 2.45 bits per heavy atom. The molecular formula is C16H19FN2O. The second kappa shape index (κ2) is 4.85. The van der Waals surface area contributed by atoms with Crippen molar-refractivity contribution in [2.45, 2.75) is 40.0 Å². The summed E-state index contributed by atoms with van der Waals surface area (Å²) in [6.07, 6.45) is 0. The molecule has 20 heavy (non-hydrogen) atoms. The molecule has 1 N–H and O–H groups in total. The molecule has 1 heterocycles. The molecule has 0 bridgehead atoms. The average Bonchev–Trinajstić information content (AvgIpc) is 2.34. The van der Waals surface area contributed by atoms with E-state index in [-0.39, 0.29) is 16.8 Å². The number of H-pyrrole nitrogens is 1. The molecule has 1 aromatic carbocycles. The molecule has 0 radical (unpaired) electrons. The van der Waals surface area contributed by atoms with Crippen molar-refractivity contribution in [1.29, 1.82) is 0 Å². The minimum Gasteiger partial charge on any atom is -0.310 e. The van der Waals surface area contributed by atoms with Gasteiger partial charge in [0.2, 0.25) is 0 Å². The maximum atomic E-state index is 13.5. The van der Waals surface area contributed by atoms with E-state index in [9.17, 15) is 9.18 Å². The Hall–Kier alpha value is -1.97. The Bertz CT molecular complexity index is 711. The van der Waals surface area contributed by atoms with Crippen LogP contribution in [0.25, 0.3) is 11.3 Å². The van der Waals surface area contributed by atoms with Crippen molar-refractivity contribution in [2.24, 2.45) is 0 Å². The number of rotatable bonds is 1. The molecule has 0 saturated carbocycles. The van der Waals surface area contributed by atoms with Gasteiger partial charge < -0.3 is 4.98 Å². The topological polar surface area (TPSA) is 45.8 Å². The summed E-state index contributed by atoms with van der Waals surface area (Å²) in [7, 11) is 0. The molecule has 0 amide bonds. The minimum absolute atomic E-state index is 0.177. The molecule has 2 rings (SSSR count). The number of aryl methyl sites for hydroxylation is 1. The lowest BCUT2D eigenvalue weighted by Crippen LogP contribution is -2.24. The molecule has 0 aliphatic heterocycles. The third kappa shape index (κ3) is 2.64. The molecule has 1 aromatic heterocycles.